The van der Waals surface area contributed by atoms with Crippen molar-refractivity contribution in [2.75, 3.05) is 7.11 Å². The molecule has 1 aliphatic rings. The van der Waals surface area contributed by atoms with Gasteiger partial charge in [0.25, 0.3) is 0 Å². The van der Waals surface area contributed by atoms with E-state index in [0.717, 1.165) is 18.6 Å². The Balaban J connectivity index is 2.11. The molecule has 3 rings (SSSR count). The zero-order chi connectivity index (χ0) is 14.8. The number of para-hydroxylation sites is 1. The van der Waals surface area contributed by atoms with E-state index < -0.39 is 0 Å². The fourth-order valence-corrected chi connectivity index (χ4v) is 3.24. The van der Waals surface area contributed by atoms with Gasteiger partial charge in [0, 0.05) is 11.6 Å². The third-order valence-electron chi connectivity index (χ3n) is 4.42. The summed E-state index contributed by atoms with van der Waals surface area (Å²) in [6, 6.07) is 15.9. The summed E-state index contributed by atoms with van der Waals surface area (Å²) >= 11 is 0. The van der Waals surface area contributed by atoms with Crippen molar-refractivity contribution in [2.24, 2.45) is 0 Å². The molecule has 1 N–H and O–H groups in total. The maximum absolute atomic E-state index is 5.57. The van der Waals surface area contributed by atoms with Crippen molar-refractivity contribution in [2.45, 2.75) is 38.8 Å². The van der Waals surface area contributed by atoms with Crippen LogP contribution in [0.4, 0.5) is 0 Å². The maximum Gasteiger partial charge on any atom is 0.123 e. The van der Waals surface area contributed by atoms with Gasteiger partial charge >= 0.3 is 0 Å². The maximum atomic E-state index is 5.57. The van der Waals surface area contributed by atoms with E-state index in [1.165, 1.54) is 22.3 Å². The van der Waals surface area contributed by atoms with Gasteiger partial charge in [-0.15, -0.1) is 0 Å². The van der Waals surface area contributed by atoms with Gasteiger partial charge in [-0.1, -0.05) is 48.9 Å². The molecular weight excluding hydrogens is 258 g/mol. The lowest BCUT2D eigenvalue weighted by Gasteiger charge is -2.34. The minimum absolute atomic E-state index is 0.217. The third-order valence-corrected chi connectivity index (χ3v) is 4.42. The monoisotopic (exact) mass is 281 g/mol. The van der Waals surface area contributed by atoms with Gasteiger partial charge in [-0.05, 0) is 37.0 Å². The molecule has 2 heteroatoms. The van der Waals surface area contributed by atoms with Crippen molar-refractivity contribution in [1.82, 2.24) is 5.32 Å². The van der Waals surface area contributed by atoms with E-state index in [-0.39, 0.29) is 6.04 Å². The Bertz CT molecular complexity index is 635. The van der Waals surface area contributed by atoms with Crippen LogP contribution in [0.25, 0.3) is 0 Å². The zero-order valence-electron chi connectivity index (χ0n) is 13.0. The quantitative estimate of drug-likeness (QED) is 0.917. The standard InChI is InChI=1S/C19H23NO/c1-4-15-12-14-10-9-13(2)11-17(14)19(20-15)16-7-5-6-8-18(16)21-3/h5-11,15,19-20H,4,12H2,1-3H3. The van der Waals surface area contributed by atoms with Crippen LogP contribution in [-0.2, 0) is 6.42 Å². The van der Waals surface area contributed by atoms with E-state index in [2.05, 4.69) is 49.5 Å². The Morgan fingerprint density at radius 2 is 1.95 bits per heavy atom. The van der Waals surface area contributed by atoms with E-state index in [0.29, 0.717) is 6.04 Å². The van der Waals surface area contributed by atoms with Crippen molar-refractivity contribution in [3.8, 4) is 5.75 Å². The van der Waals surface area contributed by atoms with E-state index in [1.54, 1.807) is 7.11 Å². The van der Waals surface area contributed by atoms with E-state index >= 15 is 0 Å². The van der Waals surface area contributed by atoms with Crippen LogP contribution >= 0.6 is 0 Å². The molecule has 2 aromatic rings. The number of ether oxygens (including phenoxy) is 1. The van der Waals surface area contributed by atoms with Gasteiger partial charge in [-0.3, -0.25) is 0 Å². The average Bonchev–Trinajstić information content (AvgIpc) is 2.53. The molecule has 0 radical (unpaired) electrons. The molecule has 0 aliphatic carbocycles. The Kier molecular flexibility index (Phi) is 3.98. The molecule has 0 spiro atoms. The summed E-state index contributed by atoms with van der Waals surface area (Å²) in [5, 5.41) is 3.80. The largest absolute Gasteiger partial charge is 0.496 e. The second-order valence-electron chi connectivity index (χ2n) is 5.85. The lowest BCUT2D eigenvalue weighted by atomic mass is 9.85. The van der Waals surface area contributed by atoms with Crippen molar-refractivity contribution in [1.29, 1.82) is 0 Å². The summed E-state index contributed by atoms with van der Waals surface area (Å²) in [6.07, 6.45) is 2.25. The van der Waals surface area contributed by atoms with Crippen molar-refractivity contribution < 1.29 is 4.74 Å². The van der Waals surface area contributed by atoms with Gasteiger partial charge in [0.05, 0.1) is 13.2 Å². The Labute approximate surface area is 127 Å². The van der Waals surface area contributed by atoms with Crippen LogP contribution in [0.15, 0.2) is 42.5 Å². The summed E-state index contributed by atoms with van der Waals surface area (Å²) in [5.41, 5.74) is 5.39. The van der Waals surface area contributed by atoms with Crippen LogP contribution in [-0.4, -0.2) is 13.2 Å². The first-order chi connectivity index (χ1) is 10.2. The molecule has 2 nitrogen and oxygen atoms in total. The number of benzene rings is 2. The highest BCUT2D eigenvalue weighted by molar-refractivity contribution is 5.47. The SMILES string of the molecule is CCC1Cc2ccc(C)cc2C(c2ccccc2OC)N1. The van der Waals surface area contributed by atoms with E-state index in [9.17, 15) is 0 Å². The number of fused-ring (bicyclic) bond motifs is 1. The molecule has 2 unspecified atom stereocenters. The fraction of sp³-hybridized carbons (Fsp3) is 0.368. The molecule has 0 bridgehead atoms. The second kappa shape index (κ2) is 5.90. The van der Waals surface area contributed by atoms with Gasteiger partial charge < -0.3 is 10.1 Å². The van der Waals surface area contributed by atoms with Gasteiger partial charge in [-0.25, -0.2) is 0 Å². The summed E-state index contributed by atoms with van der Waals surface area (Å²) in [7, 11) is 1.75. The fourth-order valence-electron chi connectivity index (χ4n) is 3.24. The molecule has 2 aromatic carbocycles. The summed E-state index contributed by atoms with van der Waals surface area (Å²) in [4.78, 5) is 0. The lowest BCUT2D eigenvalue weighted by molar-refractivity contribution is 0.386. The van der Waals surface area contributed by atoms with Gasteiger partial charge in [0.2, 0.25) is 0 Å². The smallest absolute Gasteiger partial charge is 0.123 e. The Morgan fingerprint density at radius 3 is 2.71 bits per heavy atom. The van der Waals surface area contributed by atoms with Crippen molar-refractivity contribution >= 4 is 0 Å². The third kappa shape index (κ3) is 2.68. The normalized spacial score (nSPS) is 20.9. The number of hydrogen-bond acceptors (Lipinski definition) is 2. The molecule has 0 fully saturated rings. The molecule has 0 amide bonds. The number of nitrogens with one attached hydrogen (secondary N) is 1. The van der Waals surface area contributed by atoms with E-state index in [1.807, 2.05) is 12.1 Å². The number of methoxy groups -OCH3 is 1. The highest BCUT2D eigenvalue weighted by atomic mass is 16.5. The highest BCUT2D eigenvalue weighted by Gasteiger charge is 2.28. The van der Waals surface area contributed by atoms with Crippen molar-refractivity contribution in [3.05, 3.63) is 64.7 Å². The van der Waals surface area contributed by atoms with Crippen LogP contribution in [0.3, 0.4) is 0 Å². The van der Waals surface area contributed by atoms with Crippen molar-refractivity contribution in [3.63, 3.8) is 0 Å². The van der Waals surface area contributed by atoms with Crippen LogP contribution in [0.1, 0.15) is 41.6 Å². The average molecular weight is 281 g/mol. The predicted octanol–water partition coefficient (Wildman–Crippen LogP) is 4.02. The summed E-state index contributed by atoms with van der Waals surface area (Å²) in [5.74, 6) is 0.958. The molecule has 0 aromatic heterocycles. The minimum atomic E-state index is 0.217. The van der Waals surface area contributed by atoms with Crippen LogP contribution in [0.2, 0.25) is 0 Å². The summed E-state index contributed by atoms with van der Waals surface area (Å²) in [6.45, 7) is 4.40. The second-order valence-corrected chi connectivity index (χ2v) is 5.85. The number of aryl methyl sites for hydroxylation is 1. The topological polar surface area (TPSA) is 21.3 Å². The molecule has 1 aliphatic heterocycles. The zero-order valence-corrected chi connectivity index (χ0v) is 13.0. The Morgan fingerprint density at radius 1 is 1.14 bits per heavy atom. The molecule has 0 saturated carbocycles. The first-order valence-electron chi connectivity index (χ1n) is 7.71. The van der Waals surface area contributed by atoms with E-state index in [4.69, 9.17) is 4.74 Å². The molecule has 110 valence electrons. The van der Waals surface area contributed by atoms with Crippen LogP contribution < -0.4 is 10.1 Å². The number of hydrogen-bond donors (Lipinski definition) is 1. The molecule has 1 heterocycles. The minimum Gasteiger partial charge on any atom is -0.496 e. The van der Waals surface area contributed by atoms with Crippen LogP contribution in [0, 0.1) is 6.92 Å². The number of rotatable bonds is 3. The first-order valence-corrected chi connectivity index (χ1v) is 7.71. The predicted molar refractivity (Wildman–Crippen MR) is 86.9 cm³/mol. The van der Waals surface area contributed by atoms with Gasteiger partial charge in [-0.2, -0.15) is 0 Å². The van der Waals surface area contributed by atoms with Gasteiger partial charge in [0.1, 0.15) is 5.75 Å². The lowest BCUT2D eigenvalue weighted by Crippen LogP contribution is -2.39. The molecular formula is C19H23NO. The molecule has 21 heavy (non-hydrogen) atoms. The molecule has 0 saturated heterocycles. The first kappa shape index (κ1) is 14.2. The van der Waals surface area contributed by atoms with Crippen LogP contribution in [0.5, 0.6) is 5.75 Å². The Hall–Kier alpha value is -1.80. The van der Waals surface area contributed by atoms with Gasteiger partial charge in [0.15, 0.2) is 0 Å². The molecule has 2 atom stereocenters. The highest BCUT2D eigenvalue weighted by Crippen LogP contribution is 2.36. The summed E-state index contributed by atoms with van der Waals surface area (Å²) < 4.78 is 5.57.